The summed E-state index contributed by atoms with van der Waals surface area (Å²) in [6.07, 6.45) is -11.1. The lowest BCUT2D eigenvalue weighted by atomic mass is 9.73. The Bertz CT molecular complexity index is 614. The summed E-state index contributed by atoms with van der Waals surface area (Å²) in [6, 6.07) is 8.80. The van der Waals surface area contributed by atoms with E-state index in [0.29, 0.717) is 0 Å². The fourth-order valence-corrected chi connectivity index (χ4v) is 2.40. The van der Waals surface area contributed by atoms with E-state index in [0.717, 1.165) is 48.5 Å². The lowest BCUT2D eigenvalue weighted by molar-refractivity contribution is -0.288. The molecule has 0 saturated carbocycles. The predicted octanol–water partition coefficient (Wildman–Crippen LogP) is 4.68. The van der Waals surface area contributed by atoms with Crippen LogP contribution in [0.5, 0.6) is 0 Å². The third-order valence-electron chi connectivity index (χ3n) is 3.40. The minimum atomic E-state index is -5.57. The molecule has 0 amide bonds. The average Bonchev–Trinajstić information content (AvgIpc) is 2.39. The highest BCUT2D eigenvalue weighted by atomic mass is 19.4. The van der Waals surface area contributed by atoms with Gasteiger partial charge < -0.3 is 5.73 Å². The Balaban J connectivity index is 2.86. The molecule has 0 radical (unpaired) electrons. The molecule has 0 aromatic heterocycles. The first-order valence-electron chi connectivity index (χ1n) is 6.15. The largest absolute Gasteiger partial charge is 0.411 e. The topological polar surface area (TPSA) is 26.0 Å². The molecule has 22 heavy (non-hydrogen) atoms. The smallest absolute Gasteiger partial charge is 0.399 e. The van der Waals surface area contributed by atoms with Crippen molar-refractivity contribution in [2.24, 2.45) is 0 Å². The maximum absolute atomic E-state index is 13.6. The van der Waals surface area contributed by atoms with E-state index in [2.05, 4.69) is 0 Å². The molecular weight excluding hydrogens is 308 g/mol. The summed E-state index contributed by atoms with van der Waals surface area (Å²) < 4.78 is 81.6. The number of nitrogens with two attached hydrogens (primary N) is 1. The second-order valence-electron chi connectivity index (χ2n) is 4.73. The molecule has 0 aliphatic carbocycles. The number of halogens is 6. The minimum Gasteiger partial charge on any atom is -0.399 e. The van der Waals surface area contributed by atoms with Gasteiger partial charge in [-0.15, -0.1) is 0 Å². The monoisotopic (exact) mass is 319 g/mol. The van der Waals surface area contributed by atoms with Crippen LogP contribution in [0.15, 0.2) is 54.6 Å². The van der Waals surface area contributed by atoms with E-state index in [1.807, 2.05) is 0 Å². The molecule has 0 bridgehead atoms. The summed E-state index contributed by atoms with van der Waals surface area (Å²) in [4.78, 5) is 0. The van der Waals surface area contributed by atoms with Gasteiger partial charge in [-0.25, -0.2) is 0 Å². The first-order chi connectivity index (χ1) is 10.1. The zero-order chi connectivity index (χ0) is 16.6. The number of rotatable bonds is 2. The van der Waals surface area contributed by atoms with Crippen molar-refractivity contribution in [3.05, 3.63) is 65.7 Å². The van der Waals surface area contributed by atoms with Gasteiger partial charge in [0.05, 0.1) is 0 Å². The second kappa shape index (κ2) is 5.23. The van der Waals surface area contributed by atoms with Crippen molar-refractivity contribution in [1.29, 1.82) is 0 Å². The van der Waals surface area contributed by atoms with E-state index in [-0.39, 0.29) is 5.69 Å². The van der Waals surface area contributed by atoms with Crippen LogP contribution in [-0.2, 0) is 5.41 Å². The van der Waals surface area contributed by atoms with Crippen molar-refractivity contribution in [3.8, 4) is 0 Å². The molecule has 0 unspecified atom stereocenters. The summed E-state index contributed by atoms with van der Waals surface area (Å²) in [6.45, 7) is 0. The molecule has 118 valence electrons. The third-order valence-corrected chi connectivity index (χ3v) is 3.40. The highest BCUT2D eigenvalue weighted by molar-refractivity contribution is 5.48. The molecule has 2 aromatic carbocycles. The van der Waals surface area contributed by atoms with Crippen molar-refractivity contribution >= 4 is 5.69 Å². The predicted molar refractivity (Wildman–Crippen MR) is 70.2 cm³/mol. The molecule has 7 heteroatoms. The zero-order valence-corrected chi connectivity index (χ0v) is 11.0. The molecule has 0 heterocycles. The van der Waals surface area contributed by atoms with E-state index in [1.165, 1.54) is 6.07 Å². The molecule has 0 fully saturated rings. The first-order valence-corrected chi connectivity index (χ1v) is 6.15. The van der Waals surface area contributed by atoms with Crippen molar-refractivity contribution in [1.82, 2.24) is 0 Å². The van der Waals surface area contributed by atoms with E-state index < -0.39 is 28.9 Å². The number of anilines is 1. The fraction of sp³-hybridized carbons (Fsp3) is 0.200. The first kappa shape index (κ1) is 16.2. The van der Waals surface area contributed by atoms with E-state index in [1.54, 1.807) is 0 Å². The number of benzene rings is 2. The lowest BCUT2D eigenvalue weighted by Crippen LogP contribution is -2.54. The molecule has 0 spiro atoms. The summed E-state index contributed by atoms with van der Waals surface area (Å²) in [5, 5.41) is 0. The van der Waals surface area contributed by atoms with Gasteiger partial charge in [-0.1, -0.05) is 42.5 Å². The van der Waals surface area contributed by atoms with Crippen LogP contribution in [0.4, 0.5) is 32.0 Å². The zero-order valence-electron chi connectivity index (χ0n) is 11.0. The Morgan fingerprint density at radius 3 is 1.41 bits per heavy atom. The van der Waals surface area contributed by atoms with Crippen LogP contribution in [-0.4, -0.2) is 12.4 Å². The Morgan fingerprint density at radius 1 is 0.591 bits per heavy atom. The number of hydrogen-bond acceptors (Lipinski definition) is 1. The van der Waals surface area contributed by atoms with Crippen LogP contribution < -0.4 is 5.73 Å². The van der Waals surface area contributed by atoms with Crippen LogP contribution >= 0.6 is 0 Å². The van der Waals surface area contributed by atoms with Gasteiger partial charge in [-0.3, -0.25) is 0 Å². The van der Waals surface area contributed by atoms with Gasteiger partial charge in [-0.2, -0.15) is 26.3 Å². The Labute approximate surface area is 122 Å². The molecular formula is C15H11F6N. The van der Waals surface area contributed by atoms with Crippen molar-refractivity contribution in [2.75, 3.05) is 5.73 Å². The lowest BCUT2D eigenvalue weighted by Gasteiger charge is -2.38. The van der Waals surface area contributed by atoms with Crippen LogP contribution in [0.1, 0.15) is 11.1 Å². The Morgan fingerprint density at radius 2 is 1.00 bits per heavy atom. The molecule has 0 atom stereocenters. The second-order valence-corrected chi connectivity index (χ2v) is 4.73. The summed E-state index contributed by atoms with van der Waals surface area (Å²) in [7, 11) is 0. The van der Waals surface area contributed by atoms with Crippen molar-refractivity contribution < 1.29 is 26.3 Å². The van der Waals surface area contributed by atoms with Crippen molar-refractivity contribution in [2.45, 2.75) is 17.8 Å². The van der Waals surface area contributed by atoms with Crippen LogP contribution in [0, 0.1) is 0 Å². The SMILES string of the molecule is Nc1ccc(C(c2ccccc2)(C(F)(F)F)C(F)(F)F)cc1. The number of alkyl halides is 6. The van der Waals surface area contributed by atoms with E-state index in [4.69, 9.17) is 5.73 Å². The highest BCUT2D eigenvalue weighted by Crippen LogP contribution is 2.56. The molecule has 2 rings (SSSR count). The molecule has 0 aliphatic rings. The van der Waals surface area contributed by atoms with Gasteiger partial charge in [0.2, 0.25) is 5.41 Å². The maximum Gasteiger partial charge on any atom is 0.411 e. The normalized spacial score (nSPS) is 13.2. The molecule has 2 N–H and O–H groups in total. The molecule has 1 nitrogen and oxygen atoms in total. The van der Waals surface area contributed by atoms with Gasteiger partial charge in [-0.05, 0) is 23.3 Å². The number of nitrogen functional groups attached to an aromatic ring is 1. The maximum atomic E-state index is 13.6. The third kappa shape index (κ3) is 2.40. The van der Waals surface area contributed by atoms with E-state index in [9.17, 15) is 26.3 Å². The van der Waals surface area contributed by atoms with Gasteiger partial charge in [0.15, 0.2) is 0 Å². The van der Waals surface area contributed by atoms with Crippen LogP contribution in [0.2, 0.25) is 0 Å². The molecule has 0 aliphatic heterocycles. The summed E-state index contributed by atoms with van der Waals surface area (Å²) >= 11 is 0. The van der Waals surface area contributed by atoms with Crippen LogP contribution in [0.3, 0.4) is 0 Å². The Hall–Kier alpha value is -2.18. The van der Waals surface area contributed by atoms with Gasteiger partial charge in [0.25, 0.3) is 0 Å². The number of hydrogen-bond donors (Lipinski definition) is 1. The standard InChI is InChI=1S/C15H11F6N/c16-14(17,18)13(15(19,20)21,10-4-2-1-3-5-10)11-6-8-12(22)9-7-11/h1-9H,22H2. The van der Waals surface area contributed by atoms with Crippen LogP contribution in [0.25, 0.3) is 0 Å². The summed E-state index contributed by atoms with van der Waals surface area (Å²) in [5.41, 5.74) is -0.472. The Kier molecular flexibility index (Phi) is 3.85. The van der Waals surface area contributed by atoms with Gasteiger partial charge >= 0.3 is 12.4 Å². The minimum absolute atomic E-state index is 0.0788. The molecule has 2 aromatic rings. The van der Waals surface area contributed by atoms with Crippen molar-refractivity contribution in [3.63, 3.8) is 0 Å². The fourth-order valence-electron chi connectivity index (χ4n) is 2.40. The summed E-state index contributed by atoms with van der Waals surface area (Å²) in [5.74, 6) is 0. The van der Waals surface area contributed by atoms with Gasteiger partial charge in [0, 0.05) is 5.69 Å². The molecule has 0 saturated heterocycles. The average molecular weight is 319 g/mol. The quantitative estimate of drug-likeness (QED) is 0.631. The van der Waals surface area contributed by atoms with E-state index >= 15 is 0 Å². The van der Waals surface area contributed by atoms with Gasteiger partial charge in [0.1, 0.15) is 0 Å². The highest BCUT2D eigenvalue weighted by Gasteiger charge is 2.72.